The quantitative estimate of drug-likeness (QED) is 0.463. The first-order valence-corrected chi connectivity index (χ1v) is 9.84. The lowest BCUT2D eigenvalue weighted by Gasteiger charge is -2.24. The summed E-state index contributed by atoms with van der Waals surface area (Å²) in [6.45, 7) is 8.15. The van der Waals surface area contributed by atoms with Gasteiger partial charge in [-0.1, -0.05) is 13.0 Å². The molecule has 1 atom stereocenters. The zero-order valence-corrected chi connectivity index (χ0v) is 16.5. The van der Waals surface area contributed by atoms with E-state index in [-0.39, 0.29) is 0 Å². The van der Waals surface area contributed by atoms with Gasteiger partial charge in [0.05, 0.1) is 19.7 Å². The second-order valence-corrected chi connectivity index (χ2v) is 6.97. The topological polar surface area (TPSA) is 78.8 Å². The van der Waals surface area contributed by atoms with Gasteiger partial charge in [0, 0.05) is 18.8 Å². The van der Waals surface area contributed by atoms with E-state index in [0.29, 0.717) is 31.5 Å². The number of ether oxygens (including phenoxy) is 1. The zero-order valence-electron chi connectivity index (χ0n) is 15.7. The SMILES string of the molecule is CCCOc1ccc(CN=C(NCC)NCC(C)(O)c2ccsc2)cn1. The molecule has 3 N–H and O–H groups in total. The van der Waals surface area contributed by atoms with Crippen LogP contribution in [0, 0.1) is 0 Å². The maximum absolute atomic E-state index is 10.6. The molecule has 0 spiro atoms. The van der Waals surface area contributed by atoms with Crippen molar-refractivity contribution in [3.05, 3.63) is 46.3 Å². The molecule has 0 aliphatic carbocycles. The first kappa shape index (κ1) is 20.2. The van der Waals surface area contributed by atoms with Crippen LogP contribution >= 0.6 is 11.3 Å². The second kappa shape index (κ2) is 10.1. The Morgan fingerprint density at radius 1 is 1.31 bits per heavy atom. The zero-order chi connectivity index (χ0) is 18.8. The van der Waals surface area contributed by atoms with Crippen LogP contribution < -0.4 is 15.4 Å². The molecule has 0 saturated heterocycles. The Labute approximate surface area is 159 Å². The number of aliphatic hydroxyl groups is 1. The summed E-state index contributed by atoms with van der Waals surface area (Å²) in [6, 6.07) is 5.76. The number of rotatable bonds is 9. The number of pyridine rings is 1. The van der Waals surface area contributed by atoms with E-state index in [1.807, 2.05) is 35.9 Å². The molecule has 142 valence electrons. The van der Waals surface area contributed by atoms with E-state index in [4.69, 9.17) is 4.74 Å². The number of nitrogens with one attached hydrogen (secondary N) is 2. The summed E-state index contributed by atoms with van der Waals surface area (Å²) < 4.78 is 5.49. The van der Waals surface area contributed by atoms with Gasteiger partial charge in [-0.05, 0) is 48.2 Å². The third-order valence-corrected chi connectivity index (χ3v) is 4.44. The molecule has 0 radical (unpaired) electrons. The molecule has 6 nitrogen and oxygen atoms in total. The number of thiophene rings is 1. The third-order valence-electron chi connectivity index (χ3n) is 3.76. The van der Waals surface area contributed by atoms with Gasteiger partial charge in [-0.25, -0.2) is 9.98 Å². The van der Waals surface area contributed by atoms with E-state index >= 15 is 0 Å². The molecule has 26 heavy (non-hydrogen) atoms. The molecule has 7 heteroatoms. The number of hydrogen-bond donors (Lipinski definition) is 3. The van der Waals surface area contributed by atoms with Gasteiger partial charge in [0.2, 0.25) is 5.88 Å². The van der Waals surface area contributed by atoms with Gasteiger partial charge in [-0.15, -0.1) is 0 Å². The molecule has 0 fully saturated rings. The van der Waals surface area contributed by atoms with Gasteiger partial charge < -0.3 is 20.5 Å². The minimum absolute atomic E-state index is 0.373. The number of aliphatic imine (C=N–C) groups is 1. The van der Waals surface area contributed by atoms with Crippen molar-refractivity contribution in [1.82, 2.24) is 15.6 Å². The minimum atomic E-state index is -0.948. The van der Waals surface area contributed by atoms with Crippen LogP contribution in [0.25, 0.3) is 0 Å². The summed E-state index contributed by atoms with van der Waals surface area (Å²) in [5.41, 5.74) is 0.948. The van der Waals surface area contributed by atoms with E-state index < -0.39 is 5.60 Å². The molecule has 2 heterocycles. The Kier molecular flexibility index (Phi) is 7.87. The highest BCUT2D eigenvalue weighted by molar-refractivity contribution is 7.08. The fraction of sp³-hybridized carbons (Fsp3) is 0.474. The normalized spacial score (nSPS) is 13.9. The van der Waals surface area contributed by atoms with Crippen LogP contribution in [0.5, 0.6) is 5.88 Å². The van der Waals surface area contributed by atoms with E-state index in [0.717, 1.165) is 24.1 Å². The smallest absolute Gasteiger partial charge is 0.213 e. The summed E-state index contributed by atoms with van der Waals surface area (Å²) in [4.78, 5) is 8.85. The summed E-state index contributed by atoms with van der Waals surface area (Å²) >= 11 is 1.57. The highest BCUT2D eigenvalue weighted by Gasteiger charge is 2.23. The van der Waals surface area contributed by atoms with Crippen molar-refractivity contribution in [1.29, 1.82) is 0 Å². The van der Waals surface area contributed by atoms with Crippen LogP contribution in [-0.4, -0.2) is 35.7 Å². The third kappa shape index (κ3) is 6.31. The standard InChI is InChI=1S/C19H28N4O2S/c1-4-9-25-17-7-6-15(11-21-17)12-22-18(20-5-2)23-14-19(3,24)16-8-10-26-13-16/h6-8,10-11,13,24H,4-5,9,12,14H2,1-3H3,(H2,20,22,23). The Morgan fingerprint density at radius 2 is 2.15 bits per heavy atom. The van der Waals surface area contributed by atoms with Crippen LogP contribution in [0.15, 0.2) is 40.1 Å². The van der Waals surface area contributed by atoms with Crippen LogP contribution in [-0.2, 0) is 12.1 Å². The number of hydrogen-bond acceptors (Lipinski definition) is 5. The maximum atomic E-state index is 10.6. The van der Waals surface area contributed by atoms with Gasteiger partial charge in [0.25, 0.3) is 0 Å². The first-order chi connectivity index (χ1) is 12.5. The van der Waals surface area contributed by atoms with Crippen LogP contribution in [0.1, 0.15) is 38.3 Å². The molecule has 0 saturated carbocycles. The minimum Gasteiger partial charge on any atom is -0.478 e. The van der Waals surface area contributed by atoms with Crippen molar-refractivity contribution in [3.63, 3.8) is 0 Å². The Bertz CT molecular complexity index is 669. The van der Waals surface area contributed by atoms with E-state index in [1.54, 1.807) is 24.5 Å². The average molecular weight is 377 g/mol. The lowest BCUT2D eigenvalue weighted by atomic mass is 9.99. The molecule has 0 aliphatic heterocycles. The largest absolute Gasteiger partial charge is 0.478 e. The molecular formula is C19H28N4O2S. The molecule has 0 aromatic carbocycles. The van der Waals surface area contributed by atoms with Crippen molar-refractivity contribution in [2.75, 3.05) is 19.7 Å². The summed E-state index contributed by atoms with van der Waals surface area (Å²) in [5, 5.41) is 20.9. The van der Waals surface area contributed by atoms with E-state index in [2.05, 4.69) is 27.5 Å². The van der Waals surface area contributed by atoms with Gasteiger partial charge in [-0.3, -0.25) is 0 Å². The average Bonchev–Trinajstić information content (AvgIpc) is 3.19. The van der Waals surface area contributed by atoms with E-state index in [1.165, 1.54) is 0 Å². The van der Waals surface area contributed by atoms with Crippen LogP contribution in [0.4, 0.5) is 0 Å². The maximum Gasteiger partial charge on any atom is 0.213 e. The Morgan fingerprint density at radius 3 is 2.77 bits per heavy atom. The van der Waals surface area contributed by atoms with Gasteiger partial charge in [0.15, 0.2) is 5.96 Å². The first-order valence-electron chi connectivity index (χ1n) is 8.90. The number of nitrogens with zero attached hydrogens (tertiary/aromatic N) is 2. The molecule has 2 rings (SSSR count). The van der Waals surface area contributed by atoms with Crippen molar-refractivity contribution in [2.45, 2.75) is 39.3 Å². The fourth-order valence-electron chi connectivity index (χ4n) is 2.24. The Balaban J connectivity index is 1.93. The van der Waals surface area contributed by atoms with E-state index in [9.17, 15) is 5.11 Å². The van der Waals surface area contributed by atoms with Gasteiger partial charge in [0.1, 0.15) is 5.60 Å². The highest BCUT2D eigenvalue weighted by Crippen LogP contribution is 2.21. The van der Waals surface area contributed by atoms with Crippen LogP contribution in [0.3, 0.4) is 0 Å². The monoisotopic (exact) mass is 376 g/mol. The lowest BCUT2D eigenvalue weighted by molar-refractivity contribution is 0.0621. The molecule has 2 aromatic rings. The molecule has 2 aromatic heterocycles. The summed E-state index contributed by atoms with van der Waals surface area (Å²) in [7, 11) is 0. The summed E-state index contributed by atoms with van der Waals surface area (Å²) in [6.07, 6.45) is 2.74. The Hall–Kier alpha value is -2.12. The van der Waals surface area contributed by atoms with Gasteiger partial charge >= 0.3 is 0 Å². The second-order valence-electron chi connectivity index (χ2n) is 6.19. The number of guanidine groups is 1. The molecule has 0 bridgehead atoms. The molecule has 1 unspecified atom stereocenters. The summed E-state index contributed by atoms with van der Waals surface area (Å²) in [5.74, 6) is 1.30. The predicted molar refractivity (Wildman–Crippen MR) is 107 cm³/mol. The molecular weight excluding hydrogens is 348 g/mol. The van der Waals surface area contributed by atoms with Crippen molar-refractivity contribution < 1.29 is 9.84 Å². The number of aromatic nitrogens is 1. The molecule has 0 aliphatic rings. The highest BCUT2D eigenvalue weighted by atomic mass is 32.1. The van der Waals surface area contributed by atoms with Crippen molar-refractivity contribution in [2.24, 2.45) is 4.99 Å². The predicted octanol–water partition coefficient (Wildman–Crippen LogP) is 2.89. The molecule has 0 amide bonds. The van der Waals surface area contributed by atoms with Gasteiger partial charge in [-0.2, -0.15) is 11.3 Å². The fourth-order valence-corrected chi connectivity index (χ4v) is 3.02. The lowest BCUT2D eigenvalue weighted by Crippen LogP contribution is -2.44. The van der Waals surface area contributed by atoms with Crippen molar-refractivity contribution >= 4 is 17.3 Å². The van der Waals surface area contributed by atoms with Crippen LogP contribution in [0.2, 0.25) is 0 Å². The van der Waals surface area contributed by atoms with Crippen molar-refractivity contribution in [3.8, 4) is 5.88 Å².